The SMILES string of the molecule is CCN(CC)c1ccc(-c2n[nH]c(=S)n2N=Cc2ccc(N(CC)CC)cc2O)cc1. The van der Waals surface area contributed by atoms with E-state index in [1.165, 1.54) is 0 Å². The van der Waals surface area contributed by atoms with Crippen molar-refractivity contribution in [2.24, 2.45) is 5.10 Å². The molecule has 8 heteroatoms. The average molecular weight is 439 g/mol. The molecule has 164 valence electrons. The lowest BCUT2D eigenvalue weighted by molar-refractivity contribution is 0.474. The minimum atomic E-state index is 0.174. The Bertz CT molecular complexity index is 1080. The maximum Gasteiger partial charge on any atom is 0.216 e. The van der Waals surface area contributed by atoms with Crippen molar-refractivity contribution in [1.29, 1.82) is 0 Å². The summed E-state index contributed by atoms with van der Waals surface area (Å²) in [5, 5.41) is 22.1. The monoisotopic (exact) mass is 438 g/mol. The number of anilines is 2. The Balaban J connectivity index is 1.88. The second-order valence-electron chi connectivity index (χ2n) is 7.04. The second-order valence-corrected chi connectivity index (χ2v) is 7.43. The van der Waals surface area contributed by atoms with Gasteiger partial charge < -0.3 is 14.9 Å². The Morgan fingerprint density at radius 3 is 2.13 bits per heavy atom. The molecule has 1 aromatic heterocycles. The number of nitrogens with one attached hydrogen (secondary N) is 1. The van der Waals surface area contributed by atoms with Gasteiger partial charge >= 0.3 is 0 Å². The number of hydrogen-bond donors (Lipinski definition) is 2. The third-order valence-corrected chi connectivity index (χ3v) is 5.62. The zero-order valence-electron chi connectivity index (χ0n) is 18.5. The van der Waals surface area contributed by atoms with E-state index >= 15 is 0 Å². The largest absolute Gasteiger partial charge is 0.507 e. The first-order valence-corrected chi connectivity index (χ1v) is 11.1. The number of aromatic nitrogens is 3. The maximum absolute atomic E-state index is 10.5. The van der Waals surface area contributed by atoms with Gasteiger partial charge in [-0.05, 0) is 76.3 Å². The number of phenolic OH excluding ortho intramolecular Hbond substituents is 1. The van der Waals surface area contributed by atoms with Crippen molar-refractivity contribution in [2.45, 2.75) is 27.7 Å². The minimum Gasteiger partial charge on any atom is -0.507 e. The molecule has 7 nitrogen and oxygen atoms in total. The molecule has 2 N–H and O–H groups in total. The van der Waals surface area contributed by atoms with Gasteiger partial charge in [0.2, 0.25) is 4.77 Å². The lowest BCUT2D eigenvalue weighted by Crippen LogP contribution is -2.21. The van der Waals surface area contributed by atoms with E-state index < -0.39 is 0 Å². The van der Waals surface area contributed by atoms with Gasteiger partial charge in [-0.15, -0.1) is 0 Å². The van der Waals surface area contributed by atoms with Crippen molar-refractivity contribution >= 4 is 29.8 Å². The molecule has 0 atom stereocenters. The first-order valence-electron chi connectivity index (χ1n) is 10.7. The highest BCUT2D eigenvalue weighted by Gasteiger charge is 2.10. The van der Waals surface area contributed by atoms with Crippen LogP contribution in [0.15, 0.2) is 47.6 Å². The molecule has 0 aliphatic heterocycles. The van der Waals surface area contributed by atoms with Crippen LogP contribution in [0.2, 0.25) is 0 Å². The number of hydrogen-bond acceptors (Lipinski definition) is 6. The van der Waals surface area contributed by atoms with Crippen LogP contribution in [0.4, 0.5) is 11.4 Å². The predicted molar refractivity (Wildman–Crippen MR) is 131 cm³/mol. The number of aromatic hydroxyl groups is 1. The number of aromatic amines is 1. The summed E-state index contributed by atoms with van der Waals surface area (Å²) in [4.78, 5) is 4.45. The molecule has 1 heterocycles. The molecule has 0 amide bonds. The molecule has 3 aromatic rings. The fourth-order valence-electron chi connectivity index (χ4n) is 3.54. The summed E-state index contributed by atoms with van der Waals surface area (Å²) >= 11 is 5.37. The molecular weight excluding hydrogens is 408 g/mol. The van der Waals surface area contributed by atoms with Crippen molar-refractivity contribution in [2.75, 3.05) is 36.0 Å². The smallest absolute Gasteiger partial charge is 0.216 e. The van der Waals surface area contributed by atoms with E-state index in [1.807, 2.05) is 24.3 Å². The third kappa shape index (κ3) is 4.96. The molecular formula is C23H30N6OS. The van der Waals surface area contributed by atoms with Crippen molar-refractivity contribution < 1.29 is 5.11 Å². The van der Waals surface area contributed by atoms with Gasteiger partial charge in [0.05, 0.1) is 6.21 Å². The fraction of sp³-hybridized carbons (Fsp3) is 0.348. The van der Waals surface area contributed by atoms with Gasteiger partial charge in [-0.25, -0.2) is 5.10 Å². The van der Waals surface area contributed by atoms with Gasteiger partial charge in [0, 0.05) is 54.7 Å². The molecule has 0 saturated carbocycles. The first kappa shape index (κ1) is 22.6. The molecule has 0 unspecified atom stereocenters. The summed E-state index contributed by atoms with van der Waals surface area (Å²) in [5.74, 6) is 0.792. The molecule has 2 aromatic carbocycles. The molecule has 31 heavy (non-hydrogen) atoms. The van der Waals surface area contributed by atoms with Gasteiger partial charge in [-0.1, -0.05) is 0 Å². The van der Waals surface area contributed by atoms with Crippen LogP contribution in [0.3, 0.4) is 0 Å². The molecule has 0 radical (unpaired) electrons. The highest BCUT2D eigenvalue weighted by molar-refractivity contribution is 7.71. The Morgan fingerprint density at radius 1 is 0.968 bits per heavy atom. The van der Waals surface area contributed by atoms with E-state index in [2.05, 4.69) is 64.9 Å². The summed E-state index contributed by atoms with van der Waals surface area (Å²) in [6.45, 7) is 12.1. The Labute approximate surface area is 188 Å². The minimum absolute atomic E-state index is 0.174. The Morgan fingerprint density at radius 2 is 1.55 bits per heavy atom. The fourth-order valence-corrected chi connectivity index (χ4v) is 3.72. The maximum atomic E-state index is 10.5. The summed E-state index contributed by atoms with van der Waals surface area (Å²) in [6, 6.07) is 13.8. The second kappa shape index (κ2) is 10.3. The summed E-state index contributed by atoms with van der Waals surface area (Å²) in [5.41, 5.74) is 3.66. The average Bonchev–Trinajstić information content (AvgIpc) is 3.15. The van der Waals surface area contributed by atoms with E-state index in [4.69, 9.17) is 12.2 Å². The van der Waals surface area contributed by atoms with Crippen LogP contribution in [-0.4, -0.2) is 52.4 Å². The molecule has 0 aliphatic carbocycles. The van der Waals surface area contributed by atoms with E-state index in [9.17, 15) is 5.11 Å². The van der Waals surface area contributed by atoms with Crippen molar-refractivity contribution in [3.05, 3.63) is 52.8 Å². The standard InChI is InChI=1S/C23H30N6OS/c1-5-27(6-2)19-12-9-17(10-13-19)22-25-26-23(31)29(22)24-16-18-11-14-20(15-21(18)30)28(7-3)8-4/h9-16,30H,5-8H2,1-4H3,(H,26,31). The number of nitrogens with zero attached hydrogens (tertiary/aromatic N) is 5. The van der Waals surface area contributed by atoms with Gasteiger partial charge in [0.1, 0.15) is 5.75 Å². The Hall–Kier alpha value is -3.13. The Kier molecular flexibility index (Phi) is 7.46. The van der Waals surface area contributed by atoms with Crippen molar-refractivity contribution in [3.63, 3.8) is 0 Å². The lowest BCUT2D eigenvalue weighted by Gasteiger charge is -2.21. The molecule has 0 bridgehead atoms. The van der Waals surface area contributed by atoms with Crippen LogP contribution >= 0.6 is 12.2 Å². The zero-order valence-corrected chi connectivity index (χ0v) is 19.4. The van der Waals surface area contributed by atoms with Crippen LogP contribution in [-0.2, 0) is 0 Å². The van der Waals surface area contributed by atoms with E-state index in [0.29, 0.717) is 16.2 Å². The lowest BCUT2D eigenvalue weighted by atomic mass is 10.2. The van der Waals surface area contributed by atoms with Crippen molar-refractivity contribution in [1.82, 2.24) is 14.9 Å². The quantitative estimate of drug-likeness (QED) is 0.368. The van der Waals surface area contributed by atoms with E-state index in [0.717, 1.165) is 43.1 Å². The van der Waals surface area contributed by atoms with Gasteiger partial charge in [0.15, 0.2) is 5.82 Å². The molecule has 0 saturated heterocycles. The van der Waals surface area contributed by atoms with Crippen LogP contribution in [0, 0.1) is 4.77 Å². The predicted octanol–water partition coefficient (Wildman–Crippen LogP) is 4.89. The summed E-state index contributed by atoms with van der Waals surface area (Å²) in [6.07, 6.45) is 1.60. The number of H-pyrrole nitrogens is 1. The van der Waals surface area contributed by atoms with Crippen LogP contribution in [0.1, 0.15) is 33.3 Å². The number of rotatable bonds is 9. The topological polar surface area (TPSA) is 72.7 Å². The third-order valence-electron chi connectivity index (χ3n) is 5.36. The first-order chi connectivity index (χ1) is 15.0. The number of benzene rings is 2. The molecule has 3 rings (SSSR count). The van der Waals surface area contributed by atoms with Crippen LogP contribution in [0.25, 0.3) is 11.4 Å². The zero-order chi connectivity index (χ0) is 22.4. The van der Waals surface area contributed by atoms with Crippen molar-refractivity contribution in [3.8, 4) is 17.1 Å². The van der Waals surface area contributed by atoms with Gasteiger partial charge in [-0.2, -0.15) is 14.9 Å². The molecule has 0 aliphatic rings. The highest BCUT2D eigenvalue weighted by Crippen LogP contribution is 2.25. The molecule has 0 spiro atoms. The van der Waals surface area contributed by atoms with E-state index in [1.54, 1.807) is 17.0 Å². The van der Waals surface area contributed by atoms with Crippen LogP contribution in [0.5, 0.6) is 5.75 Å². The summed E-state index contributed by atoms with van der Waals surface area (Å²) < 4.78 is 1.96. The summed E-state index contributed by atoms with van der Waals surface area (Å²) in [7, 11) is 0. The molecule has 0 fully saturated rings. The van der Waals surface area contributed by atoms with Gasteiger partial charge in [0.25, 0.3) is 0 Å². The van der Waals surface area contributed by atoms with Gasteiger partial charge in [-0.3, -0.25) is 0 Å². The highest BCUT2D eigenvalue weighted by atomic mass is 32.1. The van der Waals surface area contributed by atoms with E-state index in [-0.39, 0.29) is 5.75 Å². The van der Waals surface area contributed by atoms with Crippen LogP contribution < -0.4 is 9.80 Å². The number of phenols is 1. The normalized spacial score (nSPS) is 11.2.